The van der Waals surface area contributed by atoms with Crippen LogP contribution < -0.4 is 5.32 Å². The van der Waals surface area contributed by atoms with E-state index < -0.39 is 0 Å². The summed E-state index contributed by atoms with van der Waals surface area (Å²) in [6, 6.07) is 3.64. The van der Waals surface area contributed by atoms with E-state index in [0.29, 0.717) is 5.56 Å². The minimum absolute atomic E-state index is 0.0356. The van der Waals surface area contributed by atoms with Crippen LogP contribution in [0.2, 0.25) is 0 Å². The molecular weight excluding hydrogens is 338 g/mol. The minimum atomic E-state index is -0.0356. The molecule has 0 aliphatic carbocycles. The van der Waals surface area contributed by atoms with Crippen LogP contribution in [-0.4, -0.2) is 43.0 Å². The number of rotatable bonds is 7. The molecule has 0 saturated heterocycles. The zero-order valence-corrected chi connectivity index (χ0v) is 13.1. The lowest BCUT2D eigenvalue weighted by molar-refractivity contribution is 0.0952. The molecule has 0 atom stereocenters. The summed E-state index contributed by atoms with van der Waals surface area (Å²) in [5.41, 5.74) is 0.628. The van der Waals surface area contributed by atoms with Gasteiger partial charge in [-0.05, 0) is 68.2 Å². The molecule has 1 rings (SSSR count). The zero-order valence-electron chi connectivity index (χ0n) is 10.9. The fraction of sp³-hybridized carbons (Fsp3) is 0.538. The molecule has 5 heteroatoms. The molecule has 0 radical (unpaired) electrons. The van der Waals surface area contributed by atoms with Gasteiger partial charge >= 0.3 is 0 Å². The number of unbranched alkanes of at least 4 members (excludes halogenated alkanes) is 2. The molecule has 0 spiro atoms. The van der Waals surface area contributed by atoms with Crippen molar-refractivity contribution in [1.82, 2.24) is 15.2 Å². The lowest BCUT2D eigenvalue weighted by Gasteiger charge is -2.09. The van der Waals surface area contributed by atoms with E-state index >= 15 is 0 Å². The summed E-state index contributed by atoms with van der Waals surface area (Å²) >= 11 is 2.12. The molecule has 1 aromatic heterocycles. The van der Waals surface area contributed by atoms with E-state index in [2.05, 4.69) is 51.9 Å². The second kappa shape index (κ2) is 8.42. The molecular formula is C13H20IN3O. The molecule has 100 valence electrons. The Morgan fingerprint density at radius 1 is 1.33 bits per heavy atom. The van der Waals surface area contributed by atoms with E-state index in [1.165, 1.54) is 6.42 Å². The predicted octanol–water partition coefficient (Wildman–Crippen LogP) is 2.15. The number of carbonyl (C=O) groups excluding carboxylic acids is 1. The second-order valence-electron chi connectivity index (χ2n) is 4.49. The van der Waals surface area contributed by atoms with Crippen LogP contribution in [-0.2, 0) is 0 Å². The number of nitrogens with zero attached hydrogens (tertiary/aromatic N) is 2. The topological polar surface area (TPSA) is 45.2 Å². The van der Waals surface area contributed by atoms with Crippen molar-refractivity contribution < 1.29 is 4.79 Å². The summed E-state index contributed by atoms with van der Waals surface area (Å²) in [4.78, 5) is 18.0. The van der Waals surface area contributed by atoms with E-state index in [4.69, 9.17) is 0 Å². The van der Waals surface area contributed by atoms with Gasteiger partial charge in [0.25, 0.3) is 5.91 Å². The minimum Gasteiger partial charge on any atom is -0.352 e. The van der Waals surface area contributed by atoms with Gasteiger partial charge in [-0.15, -0.1) is 0 Å². The van der Waals surface area contributed by atoms with Crippen molar-refractivity contribution in [3.63, 3.8) is 0 Å². The maximum atomic E-state index is 11.7. The SMILES string of the molecule is CN(C)CCCCCNC(=O)c1ccc([124I])nc1. The van der Waals surface area contributed by atoms with Crippen LogP contribution in [0.15, 0.2) is 18.3 Å². The van der Waals surface area contributed by atoms with Crippen molar-refractivity contribution in [1.29, 1.82) is 0 Å². The summed E-state index contributed by atoms with van der Waals surface area (Å²) in [5, 5.41) is 2.91. The van der Waals surface area contributed by atoms with Gasteiger partial charge in [-0.25, -0.2) is 4.98 Å². The van der Waals surface area contributed by atoms with Crippen LogP contribution >= 0.6 is 22.6 Å². The standard InChI is InChI=1S/C13H20IN3O/c1-17(2)9-5-3-4-8-15-13(18)11-6-7-12(14)16-10-11/h6-7,10H,3-5,8-9H2,1-2H3,(H,15,18)/i14-3. The van der Waals surface area contributed by atoms with E-state index in [1.807, 2.05) is 6.07 Å². The number of carbonyl (C=O) groups is 1. The number of hydrogen-bond donors (Lipinski definition) is 1. The molecule has 0 unspecified atom stereocenters. The average Bonchev–Trinajstić information content (AvgIpc) is 2.34. The smallest absolute Gasteiger partial charge is 0.252 e. The number of hydrogen-bond acceptors (Lipinski definition) is 3. The van der Waals surface area contributed by atoms with E-state index in [9.17, 15) is 4.79 Å². The van der Waals surface area contributed by atoms with E-state index in [0.717, 1.165) is 29.6 Å². The fourth-order valence-electron chi connectivity index (χ4n) is 1.54. The number of amides is 1. The van der Waals surface area contributed by atoms with Crippen molar-refractivity contribution >= 4 is 28.5 Å². The Bertz CT molecular complexity index is 365. The third-order valence-corrected chi connectivity index (χ3v) is 3.20. The molecule has 1 aromatic rings. The van der Waals surface area contributed by atoms with Gasteiger partial charge in [0.15, 0.2) is 0 Å². The highest BCUT2D eigenvalue weighted by molar-refractivity contribution is 14.1. The highest BCUT2D eigenvalue weighted by Crippen LogP contribution is 2.03. The van der Waals surface area contributed by atoms with Gasteiger partial charge in [-0.1, -0.05) is 6.42 Å². The van der Waals surface area contributed by atoms with Crippen molar-refractivity contribution in [3.8, 4) is 0 Å². The number of nitrogens with one attached hydrogen (secondary N) is 1. The normalized spacial score (nSPS) is 10.7. The molecule has 0 aromatic carbocycles. The number of halogens is 1. The van der Waals surface area contributed by atoms with Crippen molar-refractivity contribution in [3.05, 3.63) is 27.6 Å². The lowest BCUT2D eigenvalue weighted by atomic mass is 10.2. The van der Waals surface area contributed by atoms with Gasteiger partial charge in [0, 0.05) is 12.7 Å². The fourth-order valence-corrected chi connectivity index (χ4v) is 1.86. The van der Waals surface area contributed by atoms with Crippen molar-refractivity contribution in [2.45, 2.75) is 19.3 Å². The van der Waals surface area contributed by atoms with E-state index in [1.54, 1.807) is 12.3 Å². The summed E-state index contributed by atoms with van der Waals surface area (Å²) < 4.78 is 0.896. The molecule has 0 aliphatic heterocycles. The van der Waals surface area contributed by atoms with Crippen molar-refractivity contribution in [2.75, 3.05) is 27.2 Å². The van der Waals surface area contributed by atoms with Gasteiger partial charge < -0.3 is 10.2 Å². The van der Waals surface area contributed by atoms with Crippen LogP contribution in [0, 0.1) is 3.70 Å². The summed E-state index contributed by atoms with van der Waals surface area (Å²) in [6.07, 6.45) is 4.96. The second-order valence-corrected chi connectivity index (χ2v) is 5.59. The first kappa shape index (κ1) is 15.4. The number of pyridine rings is 1. The van der Waals surface area contributed by atoms with Crippen LogP contribution in [0.3, 0.4) is 0 Å². The van der Waals surface area contributed by atoms with Crippen molar-refractivity contribution in [2.24, 2.45) is 0 Å². The average molecular weight is 358 g/mol. The largest absolute Gasteiger partial charge is 0.352 e. The maximum absolute atomic E-state index is 11.7. The lowest BCUT2D eigenvalue weighted by Crippen LogP contribution is -2.24. The zero-order chi connectivity index (χ0) is 13.4. The van der Waals surface area contributed by atoms with Gasteiger partial charge in [0.2, 0.25) is 0 Å². The van der Waals surface area contributed by atoms with E-state index in [-0.39, 0.29) is 5.91 Å². The molecule has 18 heavy (non-hydrogen) atoms. The third-order valence-electron chi connectivity index (χ3n) is 2.56. The van der Waals surface area contributed by atoms with Crippen LogP contribution in [0.5, 0.6) is 0 Å². The Morgan fingerprint density at radius 3 is 2.72 bits per heavy atom. The molecule has 0 saturated carbocycles. The molecule has 1 heterocycles. The quantitative estimate of drug-likeness (QED) is 0.462. The Morgan fingerprint density at radius 2 is 2.11 bits per heavy atom. The maximum Gasteiger partial charge on any atom is 0.252 e. The molecule has 1 N–H and O–H groups in total. The first-order chi connectivity index (χ1) is 8.59. The molecule has 0 bridgehead atoms. The van der Waals surface area contributed by atoms with Gasteiger partial charge in [-0.3, -0.25) is 4.79 Å². The molecule has 4 nitrogen and oxygen atoms in total. The first-order valence-electron chi connectivity index (χ1n) is 6.14. The highest BCUT2D eigenvalue weighted by Gasteiger charge is 2.04. The molecule has 1 amide bonds. The van der Waals surface area contributed by atoms with Crippen LogP contribution in [0.1, 0.15) is 29.6 Å². The Kier molecular flexibility index (Phi) is 7.19. The Balaban J connectivity index is 2.16. The van der Waals surface area contributed by atoms with Crippen LogP contribution in [0.25, 0.3) is 0 Å². The monoisotopic (exact) mass is 358 g/mol. The first-order valence-corrected chi connectivity index (χ1v) is 7.22. The van der Waals surface area contributed by atoms with Gasteiger partial charge in [0.05, 0.1) is 5.56 Å². The summed E-state index contributed by atoms with van der Waals surface area (Å²) in [7, 11) is 4.15. The molecule has 0 aliphatic rings. The summed E-state index contributed by atoms with van der Waals surface area (Å²) in [5.74, 6) is -0.0356. The predicted molar refractivity (Wildman–Crippen MR) is 81.7 cm³/mol. The summed E-state index contributed by atoms with van der Waals surface area (Å²) in [6.45, 7) is 1.84. The third kappa shape index (κ3) is 6.30. The number of aromatic nitrogens is 1. The van der Waals surface area contributed by atoms with Gasteiger partial charge in [-0.2, -0.15) is 0 Å². The van der Waals surface area contributed by atoms with Gasteiger partial charge in [0.1, 0.15) is 3.70 Å². The Hall–Kier alpha value is -0.690. The Labute approximate surface area is 122 Å². The van der Waals surface area contributed by atoms with Crippen LogP contribution in [0.4, 0.5) is 0 Å². The highest BCUT2D eigenvalue weighted by atomic mass is 124. The molecule has 0 fully saturated rings.